The number of fused-ring (bicyclic) bond motifs is 1. The van der Waals surface area contributed by atoms with Gasteiger partial charge in [0, 0.05) is 22.6 Å². The molecule has 2 nitrogen and oxygen atoms in total. The summed E-state index contributed by atoms with van der Waals surface area (Å²) in [4.78, 5) is 3.31. The van der Waals surface area contributed by atoms with Crippen LogP contribution in [0.1, 0.15) is 31.9 Å². The average molecular weight is 216 g/mol. The number of hydrogen-bond acceptors (Lipinski definition) is 1. The minimum atomic E-state index is -0.155. The van der Waals surface area contributed by atoms with Crippen LogP contribution in [0.3, 0.4) is 0 Å². The molecule has 1 aromatic carbocycles. The van der Waals surface area contributed by atoms with Crippen LogP contribution in [0, 0.1) is 0 Å². The van der Waals surface area contributed by atoms with E-state index in [0.717, 1.165) is 12.8 Å². The molecule has 16 heavy (non-hydrogen) atoms. The quantitative estimate of drug-likeness (QED) is 0.813. The fraction of sp³-hybridized carbons (Fsp3) is 0.429. The maximum Gasteiger partial charge on any atom is 0.0456 e. The monoisotopic (exact) mass is 216 g/mol. The van der Waals surface area contributed by atoms with Crippen LogP contribution < -0.4 is 5.73 Å². The van der Waals surface area contributed by atoms with Crippen LogP contribution >= 0.6 is 0 Å². The van der Waals surface area contributed by atoms with Gasteiger partial charge in [0.1, 0.15) is 0 Å². The fourth-order valence-corrected chi connectivity index (χ4v) is 2.08. The van der Waals surface area contributed by atoms with Crippen LogP contribution in [0.4, 0.5) is 0 Å². The van der Waals surface area contributed by atoms with Crippen LogP contribution in [-0.4, -0.2) is 10.5 Å². The minimum absolute atomic E-state index is 0.155. The Morgan fingerprint density at radius 1 is 1.31 bits per heavy atom. The number of aromatic nitrogens is 1. The summed E-state index contributed by atoms with van der Waals surface area (Å²) < 4.78 is 0. The van der Waals surface area contributed by atoms with Crippen molar-refractivity contribution in [2.45, 2.75) is 39.2 Å². The highest BCUT2D eigenvalue weighted by Gasteiger charge is 2.14. The van der Waals surface area contributed by atoms with Gasteiger partial charge in [-0.2, -0.15) is 0 Å². The third kappa shape index (κ3) is 2.27. The number of benzene rings is 1. The Morgan fingerprint density at radius 3 is 2.69 bits per heavy atom. The lowest BCUT2D eigenvalue weighted by atomic mass is 9.95. The predicted molar refractivity (Wildman–Crippen MR) is 69.6 cm³/mol. The summed E-state index contributed by atoms with van der Waals surface area (Å²) in [5, 5.41) is 1.32. The van der Waals surface area contributed by atoms with Crippen molar-refractivity contribution >= 4 is 10.9 Å². The van der Waals surface area contributed by atoms with Crippen molar-refractivity contribution < 1.29 is 0 Å². The van der Waals surface area contributed by atoms with Gasteiger partial charge in [0.05, 0.1) is 0 Å². The van der Waals surface area contributed by atoms with Crippen molar-refractivity contribution in [3.63, 3.8) is 0 Å². The number of hydrogen-bond donors (Lipinski definition) is 2. The molecule has 0 aliphatic heterocycles. The van der Waals surface area contributed by atoms with E-state index in [2.05, 4.69) is 50.2 Å². The van der Waals surface area contributed by atoms with Crippen molar-refractivity contribution in [3.8, 4) is 0 Å². The van der Waals surface area contributed by atoms with E-state index < -0.39 is 0 Å². The van der Waals surface area contributed by atoms with E-state index in [-0.39, 0.29) is 5.54 Å². The Morgan fingerprint density at radius 2 is 2.06 bits per heavy atom. The van der Waals surface area contributed by atoms with Gasteiger partial charge in [-0.1, -0.05) is 13.0 Å². The number of nitrogens with two attached hydrogens (primary N) is 1. The van der Waals surface area contributed by atoms with Crippen LogP contribution in [0.15, 0.2) is 24.4 Å². The van der Waals surface area contributed by atoms with Crippen molar-refractivity contribution in [1.29, 1.82) is 0 Å². The smallest absolute Gasteiger partial charge is 0.0456 e. The van der Waals surface area contributed by atoms with E-state index in [1.165, 1.54) is 22.0 Å². The van der Waals surface area contributed by atoms with E-state index in [1.807, 2.05) is 0 Å². The first-order chi connectivity index (χ1) is 7.49. The molecule has 0 saturated heterocycles. The van der Waals surface area contributed by atoms with E-state index in [1.54, 1.807) is 0 Å². The van der Waals surface area contributed by atoms with Gasteiger partial charge in [0.25, 0.3) is 0 Å². The third-order valence-electron chi connectivity index (χ3n) is 2.89. The van der Waals surface area contributed by atoms with Crippen molar-refractivity contribution in [2.24, 2.45) is 5.73 Å². The first-order valence-electron chi connectivity index (χ1n) is 5.87. The maximum absolute atomic E-state index is 6.07. The Kier molecular flexibility index (Phi) is 2.76. The fourth-order valence-electron chi connectivity index (χ4n) is 2.08. The standard InChI is InChI=1S/C14H20N2/c1-4-10-5-6-13-12(7-10)11(9-16-13)8-14(2,3)15/h5-7,9,16H,4,8,15H2,1-3H3. The normalized spacial score (nSPS) is 12.2. The lowest BCUT2D eigenvalue weighted by Crippen LogP contribution is -2.34. The molecule has 1 heterocycles. The maximum atomic E-state index is 6.07. The Labute approximate surface area is 96.9 Å². The molecule has 0 atom stereocenters. The van der Waals surface area contributed by atoms with Gasteiger partial charge in [-0.25, -0.2) is 0 Å². The van der Waals surface area contributed by atoms with Crippen molar-refractivity contribution in [2.75, 3.05) is 0 Å². The number of H-pyrrole nitrogens is 1. The highest BCUT2D eigenvalue weighted by atomic mass is 14.7. The van der Waals surface area contributed by atoms with Gasteiger partial charge in [-0.3, -0.25) is 0 Å². The predicted octanol–water partition coefficient (Wildman–Crippen LogP) is 3.01. The first-order valence-corrected chi connectivity index (χ1v) is 5.87. The van der Waals surface area contributed by atoms with Crippen molar-refractivity contribution in [1.82, 2.24) is 4.98 Å². The Bertz CT molecular complexity index is 489. The van der Waals surface area contributed by atoms with Gasteiger partial charge in [-0.05, 0) is 49.9 Å². The molecule has 86 valence electrons. The number of aryl methyl sites for hydroxylation is 1. The largest absolute Gasteiger partial charge is 0.361 e. The van der Waals surface area contributed by atoms with Gasteiger partial charge in [-0.15, -0.1) is 0 Å². The molecule has 0 radical (unpaired) electrons. The summed E-state index contributed by atoms with van der Waals surface area (Å²) in [5.41, 5.74) is 9.82. The topological polar surface area (TPSA) is 41.8 Å². The summed E-state index contributed by atoms with van der Waals surface area (Å²) in [6, 6.07) is 6.60. The molecular weight excluding hydrogens is 196 g/mol. The molecule has 0 unspecified atom stereocenters. The molecular formula is C14H20N2. The SMILES string of the molecule is CCc1ccc2[nH]cc(CC(C)(C)N)c2c1. The van der Waals surface area contributed by atoms with Gasteiger partial charge in [0.15, 0.2) is 0 Å². The second-order valence-electron chi connectivity index (χ2n) is 5.21. The van der Waals surface area contributed by atoms with Crippen LogP contribution in [0.25, 0.3) is 10.9 Å². The number of aromatic amines is 1. The van der Waals surface area contributed by atoms with E-state index >= 15 is 0 Å². The molecule has 2 aromatic rings. The van der Waals surface area contributed by atoms with Crippen LogP contribution in [0.2, 0.25) is 0 Å². The number of nitrogens with one attached hydrogen (secondary N) is 1. The molecule has 0 amide bonds. The molecule has 0 aliphatic carbocycles. The second kappa shape index (κ2) is 3.95. The Balaban J connectivity index is 2.46. The molecule has 0 saturated carbocycles. The van der Waals surface area contributed by atoms with E-state index in [0.29, 0.717) is 0 Å². The molecule has 2 rings (SSSR count). The van der Waals surface area contributed by atoms with E-state index in [9.17, 15) is 0 Å². The first kappa shape index (κ1) is 11.2. The Hall–Kier alpha value is -1.28. The lowest BCUT2D eigenvalue weighted by molar-refractivity contribution is 0.518. The molecule has 0 fully saturated rings. The van der Waals surface area contributed by atoms with Gasteiger partial charge in [0.2, 0.25) is 0 Å². The summed E-state index contributed by atoms with van der Waals surface area (Å²) in [5.74, 6) is 0. The molecule has 3 N–H and O–H groups in total. The average Bonchev–Trinajstić information content (AvgIpc) is 2.58. The second-order valence-corrected chi connectivity index (χ2v) is 5.21. The van der Waals surface area contributed by atoms with Crippen molar-refractivity contribution in [3.05, 3.63) is 35.5 Å². The molecule has 0 aliphatic rings. The van der Waals surface area contributed by atoms with Gasteiger partial charge < -0.3 is 10.7 Å². The summed E-state index contributed by atoms with van der Waals surface area (Å²) in [6.45, 7) is 6.31. The zero-order chi connectivity index (χ0) is 11.8. The number of rotatable bonds is 3. The summed E-state index contributed by atoms with van der Waals surface area (Å²) >= 11 is 0. The molecule has 0 bridgehead atoms. The van der Waals surface area contributed by atoms with E-state index in [4.69, 9.17) is 5.73 Å². The highest BCUT2D eigenvalue weighted by Crippen LogP contribution is 2.23. The summed E-state index contributed by atoms with van der Waals surface area (Å²) in [7, 11) is 0. The molecule has 1 aromatic heterocycles. The zero-order valence-corrected chi connectivity index (χ0v) is 10.3. The van der Waals surface area contributed by atoms with Gasteiger partial charge >= 0.3 is 0 Å². The van der Waals surface area contributed by atoms with Crippen LogP contribution in [0.5, 0.6) is 0 Å². The zero-order valence-electron chi connectivity index (χ0n) is 10.3. The third-order valence-corrected chi connectivity index (χ3v) is 2.89. The molecule has 2 heteroatoms. The molecule has 0 spiro atoms. The lowest BCUT2D eigenvalue weighted by Gasteiger charge is -2.17. The minimum Gasteiger partial charge on any atom is -0.361 e. The summed E-state index contributed by atoms with van der Waals surface area (Å²) in [6.07, 6.45) is 4.06. The highest BCUT2D eigenvalue weighted by molar-refractivity contribution is 5.84. The van der Waals surface area contributed by atoms with Crippen LogP contribution in [-0.2, 0) is 12.8 Å².